The molecule has 0 unspecified atom stereocenters. The lowest BCUT2D eigenvalue weighted by atomic mass is 9.88. The quantitative estimate of drug-likeness (QED) is 0.218. The van der Waals surface area contributed by atoms with Crippen molar-refractivity contribution in [2.24, 2.45) is 20.0 Å². The molecule has 0 aliphatic carbocycles. The maximum absolute atomic E-state index is 5.53. The van der Waals surface area contributed by atoms with E-state index in [0.29, 0.717) is 34.2 Å². The predicted molar refractivity (Wildman–Crippen MR) is 179 cm³/mol. The number of rotatable bonds is 7. The first-order valence-electron chi connectivity index (χ1n) is 14.9. The number of benzene rings is 4. The van der Waals surface area contributed by atoms with Crippen molar-refractivity contribution in [2.45, 2.75) is 11.3 Å². The highest BCUT2D eigenvalue weighted by Crippen LogP contribution is 2.53. The van der Waals surface area contributed by atoms with E-state index in [9.17, 15) is 0 Å². The Morgan fingerprint density at radius 3 is 0.848 bits per heavy atom. The Labute approximate surface area is 265 Å². The minimum atomic E-state index is -1.54. The molecule has 0 atom stereocenters. The normalized spacial score (nSPS) is 16.3. The number of hydrogen-bond donors (Lipinski definition) is 0. The van der Waals surface area contributed by atoms with E-state index in [4.69, 9.17) is 29.9 Å². The van der Waals surface area contributed by atoms with E-state index in [0.717, 1.165) is 22.3 Å². The molecule has 0 saturated heterocycles. The zero-order valence-corrected chi connectivity index (χ0v) is 24.6. The van der Waals surface area contributed by atoms with E-state index in [2.05, 4.69) is 9.97 Å². The van der Waals surface area contributed by atoms with Crippen LogP contribution in [0.15, 0.2) is 178 Å². The molecule has 46 heavy (non-hydrogen) atoms. The van der Waals surface area contributed by atoms with Gasteiger partial charge in [-0.1, -0.05) is 121 Å². The molecule has 8 nitrogen and oxygen atoms in total. The van der Waals surface area contributed by atoms with Gasteiger partial charge >= 0.3 is 0 Å². The van der Waals surface area contributed by atoms with Gasteiger partial charge in [0.15, 0.2) is 0 Å². The van der Waals surface area contributed by atoms with Gasteiger partial charge in [-0.2, -0.15) is 0 Å². The number of aliphatic imine (C=N–C) groups is 4. The first-order valence-corrected chi connectivity index (χ1v) is 14.9. The van der Waals surface area contributed by atoms with Crippen LogP contribution in [-0.2, 0) is 11.3 Å². The minimum Gasteiger partial charge on any atom is -0.261 e. The molecule has 0 N–H and O–H groups in total. The lowest BCUT2D eigenvalue weighted by Crippen LogP contribution is -2.44. The van der Waals surface area contributed by atoms with Gasteiger partial charge in [-0.05, 0) is 0 Å². The van der Waals surface area contributed by atoms with Crippen molar-refractivity contribution in [3.63, 3.8) is 0 Å². The third-order valence-electron chi connectivity index (χ3n) is 8.06. The van der Waals surface area contributed by atoms with Gasteiger partial charge in [0.1, 0.15) is 11.4 Å². The summed E-state index contributed by atoms with van der Waals surface area (Å²) >= 11 is 0. The van der Waals surface area contributed by atoms with Gasteiger partial charge in [-0.25, -0.2) is 20.0 Å². The van der Waals surface area contributed by atoms with Gasteiger partial charge < -0.3 is 0 Å². The minimum absolute atomic E-state index is 0.481. The molecule has 6 aromatic rings. The molecule has 218 valence electrons. The lowest BCUT2D eigenvalue weighted by molar-refractivity contribution is 0.242. The first kappa shape index (κ1) is 27.3. The molecule has 8 rings (SSSR count). The van der Waals surface area contributed by atoms with Crippen LogP contribution in [0.1, 0.15) is 33.6 Å². The fourth-order valence-electron chi connectivity index (χ4n) is 5.95. The molecular formula is C38H26N8. The Bertz CT molecular complexity index is 1850. The Kier molecular flexibility index (Phi) is 6.72. The zero-order valence-electron chi connectivity index (χ0n) is 24.6. The molecule has 4 heterocycles. The highest BCUT2D eigenvalue weighted by molar-refractivity contribution is 6.55. The summed E-state index contributed by atoms with van der Waals surface area (Å²) in [5.41, 5.74) is 4.29. The molecule has 0 bridgehead atoms. The van der Waals surface area contributed by atoms with Crippen LogP contribution in [0, 0.1) is 0 Å². The largest absolute Gasteiger partial charge is 0.261 e. The van der Waals surface area contributed by atoms with E-state index < -0.39 is 11.3 Å². The average Bonchev–Trinajstić information content (AvgIpc) is 3.77. The summed E-state index contributed by atoms with van der Waals surface area (Å²) in [6.45, 7) is 0. The van der Waals surface area contributed by atoms with Crippen molar-refractivity contribution in [3.05, 3.63) is 192 Å². The highest BCUT2D eigenvalue weighted by Gasteiger charge is 2.62. The fraction of sp³-hybridized carbons (Fsp3) is 0.0526. The molecule has 2 aliphatic rings. The molecule has 4 aromatic carbocycles. The van der Waals surface area contributed by atoms with Gasteiger partial charge in [-0.15, -0.1) is 0 Å². The molecule has 0 spiro atoms. The Balaban J connectivity index is 1.52. The summed E-state index contributed by atoms with van der Waals surface area (Å²) in [5, 5.41) is 0. The van der Waals surface area contributed by atoms with Crippen LogP contribution in [0.5, 0.6) is 0 Å². The molecular weight excluding hydrogens is 568 g/mol. The molecule has 0 radical (unpaired) electrons. The summed E-state index contributed by atoms with van der Waals surface area (Å²) < 4.78 is 0. The lowest BCUT2D eigenvalue weighted by Gasteiger charge is -2.35. The number of hydrogen-bond acceptors (Lipinski definition) is 8. The van der Waals surface area contributed by atoms with Gasteiger partial charge in [0.05, 0.1) is 35.2 Å². The Hall–Kier alpha value is -6.28. The Morgan fingerprint density at radius 2 is 0.609 bits per heavy atom. The third kappa shape index (κ3) is 4.47. The second-order valence-electron chi connectivity index (χ2n) is 10.8. The van der Waals surface area contributed by atoms with Crippen LogP contribution < -0.4 is 0 Å². The molecule has 8 heteroatoms. The van der Waals surface area contributed by atoms with E-state index in [1.807, 2.05) is 121 Å². The molecule has 0 fully saturated rings. The molecule has 2 aromatic heterocycles. The maximum Gasteiger partial charge on any atom is 0.246 e. The summed E-state index contributed by atoms with van der Waals surface area (Å²) in [5.74, 6) is 0. The summed E-state index contributed by atoms with van der Waals surface area (Å²) in [6, 6.07) is 40.2. The maximum atomic E-state index is 5.53. The van der Waals surface area contributed by atoms with Gasteiger partial charge in [0.25, 0.3) is 0 Å². The van der Waals surface area contributed by atoms with Crippen LogP contribution >= 0.6 is 0 Å². The average molecular weight is 595 g/mol. The third-order valence-corrected chi connectivity index (χ3v) is 8.06. The van der Waals surface area contributed by atoms with Gasteiger partial charge in [-0.3, -0.25) is 19.9 Å². The van der Waals surface area contributed by atoms with Crippen molar-refractivity contribution in [3.8, 4) is 0 Å². The monoisotopic (exact) mass is 594 g/mol. The Morgan fingerprint density at radius 1 is 0.326 bits per heavy atom. The van der Waals surface area contributed by atoms with Crippen molar-refractivity contribution in [1.82, 2.24) is 19.9 Å². The second kappa shape index (κ2) is 11.3. The van der Waals surface area contributed by atoms with Crippen molar-refractivity contribution < 1.29 is 0 Å². The van der Waals surface area contributed by atoms with Gasteiger partial charge in [0, 0.05) is 47.0 Å². The van der Waals surface area contributed by atoms with Crippen LogP contribution in [0.2, 0.25) is 0 Å². The summed E-state index contributed by atoms with van der Waals surface area (Å²) in [4.78, 5) is 40.8. The van der Waals surface area contributed by atoms with E-state index in [1.54, 1.807) is 37.2 Å². The predicted octanol–water partition coefficient (Wildman–Crippen LogP) is 6.26. The van der Waals surface area contributed by atoms with E-state index >= 15 is 0 Å². The van der Waals surface area contributed by atoms with Crippen LogP contribution in [-0.4, -0.2) is 42.8 Å². The van der Waals surface area contributed by atoms with E-state index in [1.165, 1.54) is 0 Å². The van der Waals surface area contributed by atoms with Gasteiger partial charge in [0.2, 0.25) is 11.3 Å². The topological polar surface area (TPSA) is 101 Å². The molecule has 0 amide bonds. The second-order valence-corrected chi connectivity index (χ2v) is 10.8. The smallest absolute Gasteiger partial charge is 0.246 e. The van der Waals surface area contributed by atoms with E-state index in [-0.39, 0.29) is 0 Å². The zero-order chi connectivity index (χ0) is 30.8. The van der Waals surface area contributed by atoms with Crippen molar-refractivity contribution in [2.75, 3.05) is 0 Å². The van der Waals surface area contributed by atoms with Crippen LogP contribution in [0.4, 0.5) is 0 Å². The standard InChI is InChI=1S/C38H26N8/c1-5-13-27(14-6-1)33-34(28-15-7-2-8-16-28)44-37(43-33,31-25-39-21-23-41-31)38(32-26-40-22-24-42-32)45-35(29-17-9-3-10-18-29)36(46-38)30-19-11-4-12-20-30/h1-26H. The van der Waals surface area contributed by atoms with Crippen LogP contribution in [0.25, 0.3) is 0 Å². The van der Waals surface area contributed by atoms with Crippen molar-refractivity contribution >= 4 is 22.8 Å². The fourth-order valence-corrected chi connectivity index (χ4v) is 5.95. The number of aromatic nitrogens is 4. The summed E-state index contributed by atoms with van der Waals surface area (Å²) in [6.07, 6.45) is 9.94. The SMILES string of the molecule is c1ccc(C2=NC(c3cnccn3)(C3(c4cnccn4)N=C(c4ccccc4)C(c4ccccc4)=N3)N=C2c2ccccc2)cc1. The molecule has 0 saturated carbocycles. The molecule has 2 aliphatic heterocycles. The van der Waals surface area contributed by atoms with Crippen LogP contribution in [0.3, 0.4) is 0 Å². The van der Waals surface area contributed by atoms with Crippen molar-refractivity contribution in [1.29, 1.82) is 0 Å². The first-order chi connectivity index (χ1) is 22.8. The number of nitrogens with zero attached hydrogens (tertiary/aromatic N) is 8. The summed E-state index contributed by atoms with van der Waals surface area (Å²) in [7, 11) is 0. The highest BCUT2D eigenvalue weighted by atomic mass is 15.3.